The van der Waals surface area contributed by atoms with E-state index in [1.165, 1.54) is 24.3 Å². The molecular formula is C36H52F2N6O6. The number of carbonyl (C=O) groups is 4. The molecule has 12 nitrogen and oxygen atoms in total. The molecule has 2 heterocycles. The fraction of sp³-hybridized carbons (Fsp3) is 0.556. The van der Waals surface area contributed by atoms with Gasteiger partial charge in [-0.15, -0.1) is 0 Å². The maximum absolute atomic E-state index is 13.2. The number of amides is 4. The van der Waals surface area contributed by atoms with E-state index < -0.39 is 12.1 Å². The summed E-state index contributed by atoms with van der Waals surface area (Å²) in [6.07, 6.45) is 7.97. The monoisotopic (exact) mass is 702 g/mol. The molecule has 0 aliphatic carbocycles. The zero-order chi connectivity index (χ0) is 36.5. The van der Waals surface area contributed by atoms with Gasteiger partial charge >= 0.3 is 0 Å². The molecule has 0 radical (unpaired) electrons. The molecule has 0 aromatic heterocycles. The van der Waals surface area contributed by atoms with Gasteiger partial charge in [0.15, 0.2) is 0 Å². The zero-order valence-corrected chi connectivity index (χ0v) is 28.6. The highest BCUT2D eigenvalue weighted by Crippen LogP contribution is 2.26. The molecule has 2 aromatic rings. The Morgan fingerprint density at radius 2 is 1.12 bits per heavy atom. The fourth-order valence-corrected chi connectivity index (χ4v) is 6.47. The summed E-state index contributed by atoms with van der Waals surface area (Å²) in [6.45, 7) is 2.77. The molecule has 0 bridgehead atoms. The lowest BCUT2D eigenvalue weighted by Crippen LogP contribution is -2.39. The first kappa shape index (κ1) is 40.4. The summed E-state index contributed by atoms with van der Waals surface area (Å²) in [5.74, 6) is -0.378. The summed E-state index contributed by atoms with van der Waals surface area (Å²) in [5, 5.41) is 16.9. The number of halogens is 2. The second-order valence-electron chi connectivity index (χ2n) is 13.2. The smallest absolute Gasteiger partial charge is 0.243 e. The number of rotatable bonds is 14. The molecule has 0 unspecified atom stereocenters. The largest absolute Gasteiger partial charge is 0.343 e. The Balaban J connectivity index is 0.000000270. The van der Waals surface area contributed by atoms with Crippen LogP contribution in [0.3, 0.4) is 0 Å². The van der Waals surface area contributed by atoms with Crippen molar-refractivity contribution in [1.82, 2.24) is 20.8 Å². The van der Waals surface area contributed by atoms with Crippen LogP contribution in [0.2, 0.25) is 0 Å². The van der Waals surface area contributed by atoms with E-state index in [-0.39, 0.29) is 48.1 Å². The van der Waals surface area contributed by atoms with E-state index in [2.05, 4.69) is 0 Å². The summed E-state index contributed by atoms with van der Waals surface area (Å²) in [5.41, 5.74) is 16.7. The van der Waals surface area contributed by atoms with Gasteiger partial charge in [-0.3, -0.25) is 29.6 Å². The average molecular weight is 703 g/mol. The Morgan fingerprint density at radius 3 is 1.54 bits per heavy atom. The first-order chi connectivity index (χ1) is 24.0. The highest BCUT2D eigenvalue weighted by Gasteiger charge is 2.26. The highest BCUT2D eigenvalue weighted by atomic mass is 19.1. The van der Waals surface area contributed by atoms with Gasteiger partial charge in [0.2, 0.25) is 23.6 Å². The van der Waals surface area contributed by atoms with Gasteiger partial charge in [0, 0.05) is 63.9 Å². The number of hydrogen-bond donors (Lipinski definition) is 6. The van der Waals surface area contributed by atoms with E-state index >= 15 is 0 Å². The lowest BCUT2D eigenvalue weighted by molar-refractivity contribution is -0.133. The second kappa shape index (κ2) is 21.3. The third-order valence-corrected chi connectivity index (χ3v) is 9.58. The maximum Gasteiger partial charge on any atom is 0.243 e. The maximum atomic E-state index is 13.2. The van der Waals surface area contributed by atoms with Gasteiger partial charge in [0.05, 0.1) is 0 Å². The van der Waals surface area contributed by atoms with Crippen molar-refractivity contribution in [3.63, 3.8) is 0 Å². The third kappa shape index (κ3) is 14.1. The minimum Gasteiger partial charge on any atom is -0.343 e. The van der Waals surface area contributed by atoms with Crippen molar-refractivity contribution in [3.8, 4) is 0 Å². The number of likely N-dealkylation sites (tertiary alicyclic amines) is 2. The number of nitrogens with one attached hydrogen (secondary N) is 2. The van der Waals surface area contributed by atoms with E-state index in [4.69, 9.17) is 21.9 Å². The standard InChI is InChI=1S/2C18H26FN3O3/c19-15-5-2-4-14(11-15)16(20)12-18(24)22-9-7-13(8-10-22)3-1-6-17(23)21-25;19-15-6-4-14(5-7-15)16(20)12-18(24)22-10-8-13(9-11-22)2-1-3-17(23)21-25/h2,4-5,11,13,16,25H,1,3,6-10,12,20H2,(H,21,23);4-7,13,16,25H,1-3,8-12,20H2,(H,21,23)/t2*16-/m00/s1. The van der Waals surface area contributed by atoms with E-state index in [0.717, 1.165) is 56.9 Å². The SMILES string of the molecule is N[C@@H](CC(=O)N1CCC(CCCC(=O)NO)CC1)c1ccc(F)cc1.N[C@@H](CC(=O)N1CCC(CCCC(=O)NO)CC1)c1cccc(F)c1. The molecule has 0 spiro atoms. The predicted octanol–water partition coefficient (Wildman–Crippen LogP) is 4.26. The molecule has 8 N–H and O–H groups in total. The van der Waals surface area contributed by atoms with Crippen molar-refractivity contribution in [1.29, 1.82) is 0 Å². The lowest BCUT2D eigenvalue weighted by atomic mass is 9.91. The van der Waals surface area contributed by atoms with Crippen LogP contribution in [-0.4, -0.2) is 70.0 Å². The molecule has 50 heavy (non-hydrogen) atoms. The molecular weight excluding hydrogens is 650 g/mol. The molecule has 4 amide bonds. The van der Waals surface area contributed by atoms with Gasteiger partial charge in [-0.25, -0.2) is 19.7 Å². The lowest BCUT2D eigenvalue weighted by Gasteiger charge is -2.32. The van der Waals surface area contributed by atoms with Crippen LogP contribution in [0.5, 0.6) is 0 Å². The van der Waals surface area contributed by atoms with E-state index in [1.54, 1.807) is 35.2 Å². The minimum atomic E-state index is -0.502. The van der Waals surface area contributed by atoms with Gasteiger partial charge in [-0.05, 0) is 98.6 Å². The Labute approximate surface area is 292 Å². The fourth-order valence-electron chi connectivity index (χ4n) is 6.47. The molecule has 276 valence electrons. The number of nitrogens with zero attached hydrogens (tertiary/aromatic N) is 2. The summed E-state index contributed by atoms with van der Waals surface area (Å²) >= 11 is 0. The molecule has 2 fully saturated rings. The zero-order valence-electron chi connectivity index (χ0n) is 28.6. The number of benzene rings is 2. The van der Waals surface area contributed by atoms with Crippen molar-refractivity contribution in [3.05, 3.63) is 71.3 Å². The molecule has 2 aliphatic rings. The molecule has 14 heteroatoms. The van der Waals surface area contributed by atoms with E-state index in [0.29, 0.717) is 56.4 Å². The van der Waals surface area contributed by atoms with Crippen LogP contribution in [0, 0.1) is 23.5 Å². The summed E-state index contributed by atoms with van der Waals surface area (Å²) in [6, 6.07) is 11.0. The summed E-state index contributed by atoms with van der Waals surface area (Å²) in [7, 11) is 0. The van der Waals surface area contributed by atoms with Crippen LogP contribution in [0.25, 0.3) is 0 Å². The van der Waals surface area contributed by atoms with Crippen LogP contribution >= 0.6 is 0 Å². The number of hydrogen-bond acceptors (Lipinski definition) is 8. The molecule has 0 saturated carbocycles. The van der Waals surface area contributed by atoms with Crippen LogP contribution in [-0.2, 0) is 19.2 Å². The van der Waals surface area contributed by atoms with Gasteiger partial charge in [-0.2, -0.15) is 0 Å². The first-order valence-corrected chi connectivity index (χ1v) is 17.4. The van der Waals surface area contributed by atoms with E-state index in [1.807, 2.05) is 9.80 Å². The Hall–Kier alpha value is -3.98. The molecule has 2 saturated heterocycles. The Morgan fingerprint density at radius 1 is 0.680 bits per heavy atom. The summed E-state index contributed by atoms with van der Waals surface area (Å²) in [4.78, 5) is 50.4. The van der Waals surface area contributed by atoms with Gasteiger partial charge in [0.25, 0.3) is 0 Å². The average Bonchev–Trinajstić information content (AvgIpc) is 3.12. The third-order valence-electron chi connectivity index (χ3n) is 9.58. The topological polar surface area (TPSA) is 191 Å². The van der Waals surface area contributed by atoms with Crippen LogP contribution in [0.15, 0.2) is 48.5 Å². The Bertz CT molecular complexity index is 1370. The van der Waals surface area contributed by atoms with E-state index in [9.17, 15) is 28.0 Å². The van der Waals surface area contributed by atoms with Crippen molar-refractivity contribution in [2.75, 3.05) is 26.2 Å². The molecule has 4 rings (SSSR count). The van der Waals surface area contributed by atoms with Crippen LogP contribution in [0.4, 0.5) is 8.78 Å². The number of nitrogens with two attached hydrogens (primary N) is 2. The highest BCUT2D eigenvalue weighted by molar-refractivity contribution is 5.78. The molecule has 2 aliphatic heterocycles. The molecule has 2 aromatic carbocycles. The van der Waals surface area contributed by atoms with Gasteiger partial charge < -0.3 is 21.3 Å². The predicted molar refractivity (Wildman–Crippen MR) is 182 cm³/mol. The van der Waals surface area contributed by atoms with Crippen molar-refractivity contribution in [2.24, 2.45) is 23.3 Å². The number of hydroxylamine groups is 2. The van der Waals surface area contributed by atoms with Gasteiger partial charge in [-0.1, -0.05) is 24.3 Å². The quantitative estimate of drug-likeness (QED) is 0.124. The Kier molecular flexibility index (Phi) is 17.2. The summed E-state index contributed by atoms with van der Waals surface area (Å²) < 4.78 is 26.2. The van der Waals surface area contributed by atoms with Crippen LogP contribution in [0.1, 0.15) is 100 Å². The molecule has 2 atom stereocenters. The first-order valence-electron chi connectivity index (χ1n) is 17.4. The van der Waals surface area contributed by atoms with Gasteiger partial charge in [0.1, 0.15) is 11.6 Å². The number of piperidine rings is 2. The van der Waals surface area contributed by atoms with Crippen molar-refractivity contribution in [2.45, 2.75) is 89.1 Å². The van der Waals surface area contributed by atoms with Crippen molar-refractivity contribution < 1.29 is 38.4 Å². The second-order valence-corrected chi connectivity index (χ2v) is 13.2. The van der Waals surface area contributed by atoms with Crippen molar-refractivity contribution >= 4 is 23.6 Å². The normalized spacial score (nSPS) is 16.5. The minimum absolute atomic E-state index is 0.00475. The number of carbonyl (C=O) groups excluding carboxylic acids is 4. The van der Waals surface area contributed by atoms with Crippen LogP contribution < -0.4 is 22.4 Å².